The first-order chi connectivity index (χ1) is 43.4. The van der Waals surface area contributed by atoms with Crippen molar-refractivity contribution in [2.45, 2.75) is 77.8 Å². The van der Waals surface area contributed by atoms with Crippen molar-refractivity contribution >= 4 is 117 Å². The molecule has 0 atom stereocenters. The quantitative estimate of drug-likeness (QED) is 0.0854. The van der Waals surface area contributed by atoms with Crippen LogP contribution in [-0.2, 0) is 46.8 Å². The predicted octanol–water partition coefficient (Wildman–Crippen LogP) is 8.18. The van der Waals surface area contributed by atoms with Crippen LogP contribution in [0.15, 0.2) is 123 Å². The number of nitrogen functional groups attached to an aromatic ring is 4. The van der Waals surface area contributed by atoms with Crippen molar-refractivity contribution in [3.8, 4) is 45.4 Å². The molecular formula is C58H66B2Cl4N24O4. The lowest BCUT2D eigenvalue weighted by Gasteiger charge is -2.32. The van der Waals surface area contributed by atoms with E-state index in [9.17, 15) is 0 Å². The minimum absolute atomic E-state index is 0.296. The van der Waals surface area contributed by atoms with Gasteiger partial charge in [0.15, 0.2) is 5.15 Å². The molecule has 12 aromatic rings. The molecule has 0 aliphatic carbocycles. The number of fused-ring (bicyclic) bond motifs is 2. The van der Waals surface area contributed by atoms with Crippen molar-refractivity contribution in [2.24, 2.45) is 28.2 Å². The van der Waals surface area contributed by atoms with Crippen molar-refractivity contribution < 1.29 is 18.6 Å². The van der Waals surface area contributed by atoms with Crippen LogP contribution in [0.1, 0.15) is 55.4 Å². The van der Waals surface area contributed by atoms with Crippen LogP contribution in [0.5, 0.6) is 0 Å². The summed E-state index contributed by atoms with van der Waals surface area (Å²) in [6, 6.07) is 15.1. The summed E-state index contributed by atoms with van der Waals surface area (Å²) in [7, 11) is 6.64. The van der Waals surface area contributed by atoms with Crippen LogP contribution in [0, 0.1) is 0 Å². The Balaban J connectivity index is 0.000000134. The molecule has 0 spiro atoms. The molecule has 2 saturated heterocycles. The summed E-state index contributed by atoms with van der Waals surface area (Å²) in [5.74, 6) is 1.42. The number of benzene rings is 2. The van der Waals surface area contributed by atoms with E-state index in [1.807, 2.05) is 145 Å². The lowest BCUT2D eigenvalue weighted by molar-refractivity contribution is 0.00578. The van der Waals surface area contributed by atoms with E-state index in [0.717, 1.165) is 44.1 Å². The van der Waals surface area contributed by atoms with Crippen molar-refractivity contribution in [3.05, 3.63) is 143 Å². The van der Waals surface area contributed by atoms with E-state index in [4.69, 9.17) is 88.0 Å². The van der Waals surface area contributed by atoms with Gasteiger partial charge in [-0.1, -0.05) is 52.5 Å². The van der Waals surface area contributed by atoms with E-state index in [0.29, 0.717) is 77.8 Å². The van der Waals surface area contributed by atoms with E-state index < -0.39 is 7.12 Å². The molecule has 476 valence electrons. The molecule has 2 aliphatic rings. The van der Waals surface area contributed by atoms with E-state index in [2.05, 4.69) is 80.7 Å². The van der Waals surface area contributed by atoms with Crippen LogP contribution in [0.4, 0.5) is 23.3 Å². The van der Waals surface area contributed by atoms with Gasteiger partial charge >= 0.3 is 14.2 Å². The highest BCUT2D eigenvalue weighted by Crippen LogP contribution is 2.39. The minimum Gasteiger partial charge on any atom is -0.399 e. The number of hydrogen-bond donors (Lipinski definition) is 6. The summed E-state index contributed by atoms with van der Waals surface area (Å²) in [6.45, 7) is 16.3. The molecule has 10 aromatic heterocycles. The summed E-state index contributed by atoms with van der Waals surface area (Å²) in [5.41, 5.74) is 29.5. The molecule has 92 heavy (non-hydrogen) atoms. The molecule has 0 unspecified atom stereocenters. The average Bonchev–Trinajstić information content (AvgIpc) is 1.61. The zero-order chi connectivity index (χ0) is 66.5. The number of rotatable bonds is 6. The molecule has 34 heteroatoms. The second-order valence-electron chi connectivity index (χ2n) is 22.9. The summed E-state index contributed by atoms with van der Waals surface area (Å²) < 4.78 is 30.6. The number of halogens is 4. The monoisotopic (exact) mass is 1320 g/mol. The van der Waals surface area contributed by atoms with Crippen molar-refractivity contribution in [1.29, 1.82) is 0 Å². The molecule has 2 aliphatic heterocycles. The fourth-order valence-electron chi connectivity index (χ4n) is 8.66. The Labute approximate surface area is 549 Å². The molecule has 0 bridgehead atoms. The zero-order valence-corrected chi connectivity index (χ0v) is 55.2. The predicted molar refractivity (Wildman–Crippen MR) is 358 cm³/mol. The minimum atomic E-state index is -0.401. The van der Waals surface area contributed by atoms with Gasteiger partial charge in [-0.3, -0.25) is 43.9 Å². The zero-order valence-electron chi connectivity index (χ0n) is 52.2. The fourth-order valence-corrected chi connectivity index (χ4v) is 9.55. The van der Waals surface area contributed by atoms with Crippen LogP contribution >= 0.6 is 46.4 Å². The summed E-state index contributed by atoms with van der Waals surface area (Å²) in [4.78, 5) is 32.1. The van der Waals surface area contributed by atoms with Crippen LogP contribution in [0.2, 0.25) is 20.4 Å². The van der Waals surface area contributed by atoms with Gasteiger partial charge < -0.3 is 41.6 Å². The van der Waals surface area contributed by atoms with Crippen LogP contribution in [0.25, 0.3) is 67.2 Å². The van der Waals surface area contributed by atoms with Crippen LogP contribution in [0.3, 0.4) is 0 Å². The number of aromatic amines is 2. The SMILES string of the molecule is CC1(C)OB(c2cc(Cl)c3[nH]ncc3c2)OC1(C)C.Cn1ccc(-c2cncc(N)n2)n1.Cn1ccc(-c2nc(N)cnc2-c2cc(Cl)c3[nH]ncc3c2)n1.Cn1ccc(-c2nc(N)cnc2Cl)n1.Cn1ccc(B2OC(C)(C)C(C)(C)O2)n1.Nc1cncc(Cl)n1. The van der Waals surface area contributed by atoms with Gasteiger partial charge in [0.2, 0.25) is 0 Å². The van der Waals surface area contributed by atoms with E-state index >= 15 is 0 Å². The standard InChI is InChI=1S/C15H12ClN7.C13H16BClN2O2.C10H17BN2O2.C8H8ClN5.C8H9N5.C4H4ClN3/c1-23-3-2-11(22-23)15-14(18-7-12(17)20-15)8-4-9-6-19-21-13(9)10(16)5-8;1-12(2)13(3,4)19-14(18-12)9-5-8-7-16-17-11(8)10(15)6-9;1-9(2)10(3,4)15-11(14-9)8-6-7-13(5)12-8;1-14-3-2-5(13-14)7-8(9)11-4-6(10)12-7;1-13-3-2-6(12-13)7-4-10-5-8(9)11-7;5-3-1-7-2-4(6)8-3/h2-7H,1H3,(H2,17,20)(H,19,21);5-7H,1-4H3,(H,16,17);6-7H,1-5H3;2-4H,1H3,(H2,10,12);2-5H,1H3,(H2,9,11);1-2H,(H2,6,8). The molecule has 14 rings (SSSR count). The number of aryl methyl sites for hydroxylation is 4. The third kappa shape index (κ3) is 16.1. The Hall–Kier alpha value is -9.13. The van der Waals surface area contributed by atoms with Crippen LogP contribution < -0.4 is 34.0 Å². The maximum atomic E-state index is 6.32. The fraction of sp³-hybridized carbons (Fsp3) is 0.276. The highest BCUT2D eigenvalue weighted by Gasteiger charge is 2.53. The van der Waals surface area contributed by atoms with Gasteiger partial charge in [-0.05, 0) is 103 Å². The Bertz CT molecular complexity index is 4460. The molecule has 10 N–H and O–H groups in total. The molecule has 0 saturated carbocycles. The largest absolute Gasteiger partial charge is 0.516 e. The molecule has 2 fully saturated rings. The lowest BCUT2D eigenvalue weighted by atomic mass is 9.78. The number of aromatic nitrogens is 20. The smallest absolute Gasteiger partial charge is 0.399 e. The van der Waals surface area contributed by atoms with E-state index in [1.165, 1.54) is 31.0 Å². The Morgan fingerprint density at radius 1 is 0.435 bits per heavy atom. The van der Waals surface area contributed by atoms with Gasteiger partial charge in [0.1, 0.15) is 62.6 Å². The Kier molecular flexibility index (Phi) is 20.3. The second kappa shape index (κ2) is 27.8. The summed E-state index contributed by atoms with van der Waals surface area (Å²) in [5, 5.41) is 34.5. The first-order valence-corrected chi connectivity index (χ1v) is 29.6. The number of nitrogens with one attached hydrogen (secondary N) is 2. The third-order valence-corrected chi connectivity index (χ3v) is 15.8. The average molecular weight is 1330 g/mol. The van der Waals surface area contributed by atoms with Gasteiger partial charge in [0.05, 0.1) is 104 Å². The molecule has 0 amide bonds. The number of nitrogens with two attached hydrogens (primary N) is 4. The topological polar surface area (TPSA) is 373 Å². The lowest BCUT2D eigenvalue weighted by Crippen LogP contribution is -2.41. The van der Waals surface area contributed by atoms with Gasteiger partial charge in [-0.25, -0.2) is 24.9 Å². The maximum absolute atomic E-state index is 6.32. The number of anilines is 4. The molecule has 0 radical (unpaired) electrons. The van der Waals surface area contributed by atoms with Gasteiger partial charge in [0, 0.05) is 69.3 Å². The summed E-state index contributed by atoms with van der Waals surface area (Å²) >= 11 is 23.8. The van der Waals surface area contributed by atoms with E-state index in [1.54, 1.807) is 49.6 Å². The highest BCUT2D eigenvalue weighted by atomic mass is 35.5. The molecule has 2 aromatic carbocycles. The summed E-state index contributed by atoms with van der Waals surface area (Å²) in [6.07, 6.45) is 19.8. The molecule has 28 nitrogen and oxygen atoms in total. The Morgan fingerprint density at radius 2 is 0.891 bits per heavy atom. The molecule has 12 heterocycles. The first-order valence-electron chi connectivity index (χ1n) is 28.1. The first kappa shape index (κ1) is 67.3. The third-order valence-electron chi connectivity index (χ3n) is 14.8. The van der Waals surface area contributed by atoms with Gasteiger partial charge in [-0.2, -0.15) is 30.6 Å². The van der Waals surface area contributed by atoms with Crippen molar-refractivity contribution in [3.63, 3.8) is 0 Å². The van der Waals surface area contributed by atoms with Crippen LogP contribution in [-0.4, -0.2) is 136 Å². The van der Waals surface area contributed by atoms with E-state index in [-0.39, 0.29) is 29.5 Å². The second-order valence-corrected chi connectivity index (χ2v) is 24.4. The van der Waals surface area contributed by atoms with Gasteiger partial charge in [-0.15, -0.1) is 0 Å². The van der Waals surface area contributed by atoms with Gasteiger partial charge in [0.25, 0.3) is 0 Å². The van der Waals surface area contributed by atoms with Crippen molar-refractivity contribution in [2.75, 3.05) is 22.9 Å². The number of H-pyrrole nitrogens is 2. The Morgan fingerprint density at radius 3 is 1.39 bits per heavy atom. The number of nitrogens with zero attached hydrogens (tertiary/aromatic N) is 18. The number of hydrogen-bond acceptors (Lipinski definition) is 22. The normalized spacial score (nSPS) is 14.8. The molecular weight excluding hydrogens is 1260 g/mol. The van der Waals surface area contributed by atoms with Crippen molar-refractivity contribution in [1.82, 2.24) is 99.4 Å². The maximum Gasteiger partial charge on any atom is 0.516 e. The highest BCUT2D eigenvalue weighted by molar-refractivity contribution is 6.63.